The molecule has 0 saturated carbocycles. The number of hydrogen-bond acceptors (Lipinski definition) is 4. The number of phenols is 1. The van der Waals surface area contributed by atoms with Crippen LogP contribution in [0.2, 0.25) is 10.0 Å². The van der Waals surface area contributed by atoms with Crippen LogP contribution in [0.5, 0.6) is 11.5 Å². The van der Waals surface area contributed by atoms with E-state index in [-0.39, 0.29) is 16.3 Å². The lowest BCUT2D eigenvalue weighted by molar-refractivity contribution is -0.112. The Bertz CT molecular complexity index is 857. The second kappa shape index (κ2) is 7.73. The third-order valence-electron chi connectivity index (χ3n) is 3.06. The molecule has 0 heterocycles. The molecule has 2 N–H and O–H groups in total. The molecule has 0 aromatic heterocycles. The van der Waals surface area contributed by atoms with Gasteiger partial charge in [-0.2, -0.15) is 5.26 Å². The minimum Gasteiger partial charge on any atom is -0.506 e. The molecular formula is C17H12Cl2N2O3. The van der Waals surface area contributed by atoms with Crippen molar-refractivity contribution < 1.29 is 14.6 Å². The first-order chi connectivity index (χ1) is 11.4. The molecule has 0 aliphatic carbocycles. The zero-order valence-electron chi connectivity index (χ0n) is 12.5. The lowest BCUT2D eigenvalue weighted by Gasteiger charge is -2.07. The fraction of sp³-hybridized carbons (Fsp3) is 0.0588. The van der Waals surface area contributed by atoms with E-state index in [1.807, 2.05) is 6.07 Å². The van der Waals surface area contributed by atoms with E-state index >= 15 is 0 Å². The minimum atomic E-state index is -0.595. The van der Waals surface area contributed by atoms with E-state index in [9.17, 15) is 15.2 Å². The summed E-state index contributed by atoms with van der Waals surface area (Å²) in [7, 11) is 1.48. The van der Waals surface area contributed by atoms with Gasteiger partial charge >= 0.3 is 0 Å². The lowest BCUT2D eigenvalue weighted by Crippen LogP contribution is -2.13. The number of aromatic hydroxyl groups is 1. The monoisotopic (exact) mass is 362 g/mol. The van der Waals surface area contributed by atoms with Crippen LogP contribution >= 0.6 is 23.2 Å². The van der Waals surface area contributed by atoms with Crippen LogP contribution in [0.25, 0.3) is 6.08 Å². The molecule has 0 unspecified atom stereocenters. The topological polar surface area (TPSA) is 82.3 Å². The van der Waals surface area contributed by atoms with E-state index in [4.69, 9.17) is 27.9 Å². The quantitative estimate of drug-likeness (QED) is 0.628. The molecule has 0 fully saturated rings. The molecule has 1 amide bonds. The number of rotatable bonds is 4. The number of benzene rings is 2. The lowest BCUT2D eigenvalue weighted by atomic mass is 10.1. The molecule has 0 radical (unpaired) electrons. The van der Waals surface area contributed by atoms with Gasteiger partial charge < -0.3 is 15.2 Å². The number of methoxy groups -OCH3 is 1. The van der Waals surface area contributed by atoms with Crippen LogP contribution in [0.4, 0.5) is 5.69 Å². The molecule has 24 heavy (non-hydrogen) atoms. The highest BCUT2D eigenvalue weighted by Crippen LogP contribution is 2.28. The van der Waals surface area contributed by atoms with Gasteiger partial charge in [0.05, 0.1) is 17.2 Å². The number of carbonyl (C=O) groups is 1. The van der Waals surface area contributed by atoms with Crippen molar-refractivity contribution in [2.45, 2.75) is 0 Å². The number of hydrogen-bond donors (Lipinski definition) is 2. The molecule has 0 atom stereocenters. The van der Waals surface area contributed by atoms with Crippen LogP contribution in [-0.2, 0) is 4.79 Å². The first-order valence-electron chi connectivity index (χ1n) is 6.70. The molecule has 2 aromatic carbocycles. The Morgan fingerprint density at radius 2 is 2.00 bits per heavy atom. The number of nitrogens with one attached hydrogen (secondary N) is 1. The van der Waals surface area contributed by atoms with Gasteiger partial charge in [0.1, 0.15) is 23.1 Å². The summed E-state index contributed by atoms with van der Waals surface area (Å²) in [6.07, 6.45) is 1.37. The highest BCUT2D eigenvalue weighted by Gasteiger charge is 2.11. The van der Waals surface area contributed by atoms with Crippen LogP contribution in [0, 0.1) is 11.3 Å². The minimum absolute atomic E-state index is 0.0790. The van der Waals surface area contributed by atoms with Crippen molar-refractivity contribution in [1.29, 1.82) is 5.26 Å². The van der Waals surface area contributed by atoms with Gasteiger partial charge in [-0.05, 0) is 42.0 Å². The number of halogens is 2. The standard InChI is InChI=1S/C17H12Cl2N2O3/c1-24-16-5-3-12(8-14(16)19)21-17(23)11(9-20)6-10-2-4-15(22)13(18)7-10/h2-8,22H,1H3,(H,21,23)/b11-6-. The number of nitrogens with zero attached hydrogens (tertiary/aromatic N) is 1. The van der Waals surface area contributed by atoms with Crippen LogP contribution in [0.1, 0.15) is 5.56 Å². The number of amides is 1. The Morgan fingerprint density at radius 1 is 1.25 bits per heavy atom. The average Bonchev–Trinajstić information content (AvgIpc) is 2.56. The van der Waals surface area contributed by atoms with Gasteiger partial charge in [0.15, 0.2) is 0 Å². The van der Waals surface area contributed by atoms with E-state index in [1.54, 1.807) is 12.1 Å². The highest BCUT2D eigenvalue weighted by atomic mass is 35.5. The molecule has 2 rings (SSSR count). The predicted octanol–water partition coefficient (Wildman–Crippen LogP) is 4.25. The zero-order chi connectivity index (χ0) is 17.7. The zero-order valence-corrected chi connectivity index (χ0v) is 14.0. The fourth-order valence-electron chi connectivity index (χ4n) is 1.87. The Hall–Kier alpha value is -2.68. The second-order valence-corrected chi connectivity index (χ2v) is 5.50. The Labute approximate surface area is 148 Å². The summed E-state index contributed by atoms with van der Waals surface area (Å²) in [5.41, 5.74) is 0.816. The molecule has 0 aliphatic rings. The predicted molar refractivity (Wildman–Crippen MR) is 93.3 cm³/mol. The van der Waals surface area contributed by atoms with Crippen molar-refractivity contribution in [2.24, 2.45) is 0 Å². The van der Waals surface area contributed by atoms with E-state index in [2.05, 4.69) is 5.32 Å². The Balaban J connectivity index is 2.22. The van der Waals surface area contributed by atoms with Crippen molar-refractivity contribution in [1.82, 2.24) is 0 Å². The van der Waals surface area contributed by atoms with Crippen molar-refractivity contribution >= 4 is 40.9 Å². The third-order valence-corrected chi connectivity index (χ3v) is 3.66. The normalized spacial score (nSPS) is 10.8. The highest BCUT2D eigenvalue weighted by molar-refractivity contribution is 6.32. The molecule has 0 bridgehead atoms. The smallest absolute Gasteiger partial charge is 0.266 e. The van der Waals surface area contributed by atoms with Gasteiger partial charge in [-0.3, -0.25) is 4.79 Å². The summed E-state index contributed by atoms with van der Waals surface area (Å²) in [5.74, 6) is -0.197. The first-order valence-corrected chi connectivity index (χ1v) is 7.45. The summed E-state index contributed by atoms with van der Waals surface area (Å²) in [6.45, 7) is 0. The number of ether oxygens (including phenoxy) is 1. The van der Waals surface area contributed by atoms with Crippen molar-refractivity contribution in [2.75, 3.05) is 12.4 Å². The maximum atomic E-state index is 12.2. The van der Waals surface area contributed by atoms with Crippen LogP contribution < -0.4 is 10.1 Å². The van der Waals surface area contributed by atoms with E-state index in [1.165, 1.54) is 37.5 Å². The molecule has 5 nitrogen and oxygen atoms in total. The van der Waals surface area contributed by atoms with Gasteiger partial charge in [0.2, 0.25) is 0 Å². The average molecular weight is 363 g/mol. The van der Waals surface area contributed by atoms with E-state index in [0.717, 1.165) is 0 Å². The van der Waals surface area contributed by atoms with Gasteiger partial charge in [-0.25, -0.2) is 0 Å². The van der Waals surface area contributed by atoms with Gasteiger partial charge in [0, 0.05) is 5.69 Å². The summed E-state index contributed by atoms with van der Waals surface area (Å²) in [4.78, 5) is 12.2. The second-order valence-electron chi connectivity index (χ2n) is 4.68. The van der Waals surface area contributed by atoms with E-state index in [0.29, 0.717) is 22.0 Å². The molecule has 0 spiro atoms. The summed E-state index contributed by atoms with van der Waals surface area (Å²) in [5, 5.41) is 21.6. The molecule has 2 aromatic rings. The van der Waals surface area contributed by atoms with Crippen molar-refractivity contribution in [3.05, 3.63) is 57.6 Å². The number of phenolic OH excluding ortho intramolecular Hbond substituents is 1. The summed E-state index contributed by atoms with van der Waals surface area (Å²) >= 11 is 11.8. The third kappa shape index (κ3) is 4.19. The summed E-state index contributed by atoms with van der Waals surface area (Å²) < 4.78 is 5.03. The maximum absolute atomic E-state index is 12.2. The van der Waals surface area contributed by atoms with Gasteiger partial charge in [0.25, 0.3) is 5.91 Å². The number of nitriles is 1. The fourth-order valence-corrected chi connectivity index (χ4v) is 2.32. The summed E-state index contributed by atoms with van der Waals surface area (Å²) in [6, 6.07) is 10.9. The van der Waals surface area contributed by atoms with Gasteiger partial charge in [-0.1, -0.05) is 29.3 Å². The molecular weight excluding hydrogens is 351 g/mol. The molecule has 122 valence electrons. The van der Waals surface area contributed by atoms with Crippen LogP contribution in [0.3, 0.4) is 0 Å². The first kappa shape index (κ1) is 17.7. The molecule has 0 saturated heterocycles. The van der Waals surface area contributed by atoms with Gasteiger partial charge in [-0.15, -0.1) is 0 Å². The maximum Gasteiger partial charge on any atom is 0.266 e. The number of anilines is 1. The largest absolute Gasteiger partial charge is 0.506 e. The van der Waals surface area contributed by atoms with Crippen LogP contribution in [0.15, 0.2) is 42.0 Å². The van der Waals surface area contributed by atoms with Crippen LogP contribution in [-0.4, -0.2) is 18.1 Å². The van der Waals surface area contributed by atoms with E-state index < -0.39 is 5.91 Å². The Kier molecular flexibility index (Phi) is 5.69. The van der Waals surface area contributed by atoms with Crippen molar-refractivity contribution in [3.63, 3.8) is 0 Å². The molecule has 0 aliphatic heterocycles. The van der Waals surface area contributed by atoms with Crippen molar-refractivity contribution in [3.8, 4) is 17.6 Å². The SMILES string of the molecule is COc1ccc(NC(=O)/C(C#N)=C\c2ccc(O)c(Cl)c2)cc1Cl. The number of carbonyl (C=O) groups excluding carboxylic acids is 1. The Morgan fingerprint density at radius 3 is 2.58 bits per heavy atom. The molecule has 7 heteroatoms.